The molecule has 13 heavy (non-hydrogen) atoms. The maximum absolute atomic E-state index is 3.98. The summed E-state index contributed by atoms with van der Waals surface area (Å²) >= 11 is 0. The van der Waals surface area contributed by atoms with Crippen molar-refractivity contribution in [2.45, 2.75) is 27.7 Å². The highest BCUT2D eigenvalue weighted by atomic mass is 14.2. The predicted octanol–water partition coefficient (Wildman–Crippen LogP) is 3.97. The predicted molar refractivity (Wildman–Crippen MR) is 59.5 cm³/mol. The standard InChI is InChI=1S/C13H20/c1-9(2)12-7-6-11(5)8-13(12)10(3)4/h6-10,12H,5H2,1-4H3. The van der Waals surface area contributed by atoms with Crippen molar-refractivity contribution in [1.29, 1.82) is 0 Å². The topological polar surface area (TPSA) is 0 Å². The molecule has 0 saturated heterocycles. The minimum absolute atomic E-state index is 0.616. The van der Waals surface area contributed by atoms with E-state index in [1.807, 2.05) is 0 Å². The molecule has 1 aliphatic rings. The summed E-state index contributed by atoms with van der Waals surface area (Å²) in [4.78, 5) is 0. The van der Waals surface area contributed by atoms with Crippen molar-refractivity contribution in [2.75, 3.05) is 0 Å². The second-order valence-electron chi connectivity index (χ2n) is 4.50. The highest BCUT2D eigenvalue weighted by Crippen LogP contribution is 2.32. The molecule has 0 heterocycles. The molecule has 0 aromatic rings. The van der Waals surface area contributed by atoms with Crippen LogP contribution in [0.5, 0.6) is 0 Å². The largest absolute Gasteiger partial charge is 0.0918 e. The van der Waals surface area contributed by atoms with E-state index in [9.17, 15) is 0 Å². The van der Waals surface area contributed by atoms with E-state index < -0.39 is 0 Å². The zero-order valence-corrected chi connectivity index (χ0v) is 9.17. The van der Waals surface area contributed by atoms with Crippen molar-refractivity contribution >= 4 is 0 Å². The summed E-state index contributed by atoms with van der Waals surface area (Å²) in [5, 5.41) is 0. The van der Waals surface area contributed by atoms with Gasteiger partial charge in [0.1, 0.15) is 0 Å². The van der Waals surface area contributed by atoms with Crippen LogP contribution in [0.25, 0.3) is 0 Å². The van der Waals surface area contributed by atoms with Gasteiger partial charge in [-0.05, 0) is 17.4 Å². The first kappa shape index (κ1) is 10.3. The Hall–Kier alpha value is -0.780. The van der Waals surface area contributed by atoms with E-state index in [0.29, 0.717) is 17.8 Å². The Morgan fingerprint density at radius 1 is 1.23 bits per heavy atom. The molecule has 1 unspecified atom stereocenters. The van der Waals surface area contributed by atoms with Crippen LogP contribution < -0.4 is 0 Å². The summed E-state index contributed by atoms with van der Waals surface area (Å²) in [5.41, 5.74) is 2.67. The van der Waals surface area contributed by atoms with Gasteiger partial charge < -0.3 is 0 Å². The molecule has 0 aromatic heterocycles. The van der Waals surface area contributed by atoms with Crippen LogP contribution in [0.2, 0.25) is 0 Å². The normalized spacial score (nSPS) is 22.8. The molecule has 0 amide bonds. The van der Waals surface area contributed by atoms with E-state index in [2.05, 4.69) is 52.5 Å². The molecule has 0 aliphatic heterocycles. The molecule has 0 heteroatoms. The van der Waals surface area contributed by atoms with Gasteiger partial charge >= 0.3 is 0 Å². The Morgan fingerprint density at radius 2 is 1.85 bits per heavy atom. The summed E-state index contributed by atoms with van der Waals surface area (Å²) in [7, 11) is 0. The number of hydrogen-bond donors (Lipinski definition) is 0. The molecule has 1 rings (SSSR count). The Kier molecular flexibility index (Phi) is 3.13. The highest BCUT2D eigenvalue weighted by molar-refractivity contribution is 5.39. The SMILES string of the molecule is C=C1C=CC(C(C)C)C(C(C)C)=C1. The van der Waals surface area contributed by atoms with Crippen molar-refractivity contribution in [1.82, 2.24) is 0 Å². The van der Waals surface area contributed by atoms with Crippen LogP contribution >= 0.6 is 0 Å². The summed E-state index contributed by atoms with van der Waals surface area (Å²) in [5.74, 6) is 1.94. The Morgan fingerprint density at radius 3 is 2.31 bits per heavy atom. The summed E-state index contributed by atoms with van der Waals surface area (Å²) in [6, 6.07) is 0. The third kappa shape index (κ3) is 2.33. The smallest absolute Gasteiger partial charge is 0.000899 e. The maximum Gasteiger partial charge on any atom is 0.000899 e. The molecular formula is C13H20. The third-order valence-electron chi connectivity index (χ3n) is 2.64. The molecule has 1 atom stereocenters. The Labute approximate surface area is 82.0 Å². The van der Waals surface area contributed by atoms with Crippen LogP contribution in [0.15, 0.2) is 36.0 Å². The van der Waals surface area contributed by atoms with Gasteiger partial charge in [-0.3, -0.25) is 0 Å². The highest BCUT2D eigenvalue weighted by Gasteiger charge is 2.20. The average molecular weight is 176 g/mol. The lowest BCUT2D eigenvalue weighted by atomic mass is 9.79. The van der Waals surface area contributed by atoms with E-state index in [4.69, 9.17) is 0 Å². The maximum atomic E-state index is 3.98. The van der Waals surface area contributed by atoms with Gasteiger partial charge in [0.05, 0.1) is 0 Å². The first-order chi connectivity index (χ1) is 6.02. The number of rotatable bonds is 2. The van der Waals surface area contributed by atoms with E-state index in [1.54, 1.807) is 0 Å². The van der Waals surface area contributed by atoms with Crippen molar-refractivity contribution in [3.63, 3.8) is 0 Å². The Balaban J connectivity index is 2.91. The lowest BCUT2D eigenvalue weighted by Gasteiger charge is -2.26. The van der Waals surface area contributed by atoms with Crippen molar-refractivity contribution < 1.29 is 0 Å². The quantitative estimate of drug-likeness (QED) is 0.597. The molecule has 0 saturated carbocycles. The fraction of sp³-hybridized carbons (Fsp3) is 0.538. The second kappa shape index (κ2) is 3.95. The Bertz CT molecular complexity index is 251. The fourth-order valence-electron chi connectivity index (χ4n) is 1.86. The molecule has 72 valence electrons. The second-order valence-corrected chi connectivity index (χ2v) is 4.50. The average Bonchev–Trinajstić information content (AvgIpc) is 2.03. The summed E-state index contributed by atoms with van der Waals surface area (Å²) in [6.07, 6.45) is 6.67. The van der Waals surface area contributed by atoms with E-state index in [0.717, 1.165) is 5.57 Å². The zero-order valence-electron chi connectivity index (χ0n) is 9.17. The summed E-state index contributed by atoms with van der Waals surface area (Å²) < 4.78 is 0. The monoisotopic (exact) mass is 176 g/mol. The molecule has 0 spiro atoms. The first-order valence-corrected chi connectivity index (χ1v) is 5.11. The first-order valence-electron chi connectivity index (χ1n) is 5.11. The zero-order chi connectivity index (χ0) is 10.0. The van der Waals surface area contributed by atoms with Crippen molar-refractivity contribution in [2.24, 2.45) is 17.8 Å². The lowest BCUT2D eigenvalue weighted by molar-refractivity contribution is 0.481. The number of hydrogen-bond acceptors (Lipinski definition) is 0. The van der Waals surface area contributed by atoms with Gasteiger partial charge in [0.25, 0.3) is 0 Å². The molecule has 0 fully saturated rings. The van der Waals surface area contributed by atoms with Crippen molar-refractivity contribution in [3.05, 3.63) is 36.0 Å². The minimum Gasteiger partial charge on any atom is -0.0918 e. The minimum atomic E-state index is 0.616. The van der Waals surface area contributed by atoms with Crippen molar-refractivity contribution in [3.8, 4) is 0 Å². The van der Waals surface area contributed by atoms with Crippen LogP contribution in [0.3, 0.4) is 0 Å². The van der Waals surface area contributed by atoms with Crippen LogP contribution in [0.4, 0.5) is 0 Å². The molecule has 0 bridgehead atoms. The van der Waals surface area contributed by atoms with Crippen LogP contribution in [0, 0.1) is 17.8 Å². The van der Waals surface area contributed by atoms with Crippen LogP contribution in [-0.4, -0.2) is 0 Å². The lowest BCUT2D eigenvalue weighted by Crippen LogP contribution is -2.15. The third-order valence-corrected chi connectivity index (χ3v) is 2.64. The molecule has 0 aromatic carbocycles. The van der Waals surface area contributed by atoms with E-state index in [-0.39, 0.29) is 0 Å². The van der Waals surface area contributed by atoms with Gasteiger partial charge in [0.15, 0.2) is 0 Å². The van der Waals surface area contributed by atoms with E-state index in [1.165, 1.54) is 5.57 Å². The van der Waals surface area contributed by atoms with Gasteiger partial charge in [0.2, 0.25) is 0 Å². The van der Waals surface area contributed by atoms with E-state index >= 15 is 0 Å². The fourth-order valence-corrected chi connectivity index (χ4v) is 1.86. The van der Waals surface area contributed by atoms with Gasteiger partial charge in [-0.15, -0.1) is 0 Å². The van der Waals surface area contributed by atoms with Crippen LogP contribution in [0.1, 0.15) is 27.7 Å². The molecule has 1 aliphatic carbocycles. The van der Waals surface area contributed by atoms with Gasteiger partial charge in [0, 0.05) is 5.92 Å². The van der Waals surface area contributed by atoms with Gasteiger partial charge in [-0.1, -0.05) is 58.1 Å². The molecular weight excluding hydrogens is 156 g/mol. The number of allylic oxidation sites excluding steroid dienone is 5. The van der Waals surface area contributed by atoms with Gasteiger partial charge in [-0.2, -0.15) is 0 Å². The molecule has 0 N–H and O–H groups in total. The molecule has 0 radical (unpaired) electrons. The molecule has 0 nitrogen and oxygen atoms in total. The summed E-state index contributed by atoms with van der Waals surface area (Å²) in [6.45, 7) is 13.0. The van der Waals surface area contributed by atoms with Gasteiger partial charge in [-0.25, -0.2) is 0 Å². The van der Waals surface area contributed by atoms with Crippen LogP contribution in [-0.2, 0) is 0 Å².